The Labute approximate surface area is 192 Å². The van der Waals surface area contributed by atoms with E-state index in [0.29, 0.717) is 12.1 Å². The number of carbonyl (C=O) groups excluding carboxylic acids is 1. The molecule has 1 fully saturated rings. The van der Waals surface area contributed by atoms with Crippen molar-refractivity contribution in [3.05, 3.63) is 88.6 Å². The maximum Gasteiger partial charge on any atom is 0.258 e. The quantitative estimate of drug-likeness (QED) is 0.631. The highest BCUT2D eigenvalue weighted by Gasteiger charge is 2.54. The normalized spacial score (nSPS) is 24.8. The summed E-state index contributed by atoms with van der Waals surface area (Å²) in [6.07, 6.45) is 3.35. The second-order valence-corrected chi connectivity index (χ2v) is 9.01. The van der Waals surface area contributed by atoms with Gasteiger partial charge in [-0.3, -0.25) is 19.5 Å². The first-order valence-electron chi connectivity index (χ1n) is 11.3. The van der Waals surface area contributed by atoms with Crippen molar-refractivity contribution in [3.63, 3.8) is 0 Å². The van der Waals surface area contributed by atoms with Crippen molar-refractivity contribution in [1.29, 1.82) is 0 Å². The van der Waals surface area contributed by atoms with E-state index in [1.165, 1.54) is 0 Å². The summed E-state index contributed by atoms with van der Waals surface area (Å²) in [5.41, 5.74) is 3.21. The fraction of sp³-hybridized carbons (Fsp3) is 0.346. The predicted octanol–water partition coefficient (Wildman–Crippen LogP) is 2.38. The average molecular weight is 445 g/mol. The van der Waals surface area contributed by atoms with Crippen molar-refractivity contribution in [3.8, 4) is 11.1 Å². The van der Waals surface area contributed by atoms with Crippen LogP contribution in [0.4, 0.5) is 0 Å². The number of nitrogens with zero attached hydrogens (tertiary/aromatic N) is 3. The third-order valence-electron chi connectivity index (χ3n) is 7.30. The minimum Gasteiger partial charge on any atom is -0.396 e. The van der Waals surface area contributed by atoms with Gasteiger partial charge in [0, 0.05) is 48.8 Å². The molecule has 5 atom stereocenters. The molecule has 0 spiro atoms. The van der Waals surface area contributed by atoms with Gasteiger partial charge in [0.1, 0.15) is 0 Å². The lowest BCUT2D eigenvalue weighted by Crippen LogP contribution is -2.44. The lowest BCUT2D eigenvalue weighted by molar-refractivity contribution is -0.128. The molecule has 7 heteroatoms. The van der Waals surface area contributed by atoms with Gasteiger partial charge in [-0.1, -0.05) is 30.3 Å². The number of amides is 1. The van der Waals surface area contributed by atoms with Gasteiger partial charge in [0.15, 0.2) is 0 Å². The molecule has 1 saturated heterocycles. The highest BCUT2D eigenvalue weighted by atomic mass is 16.3. The Hall–Kier alpha value is -3.29. The van der Waals surface area contributed by atoms with Gasteiger partial charge in [-0.15, -0.1) is 0 Å². The van der Waals surface area contributed by atoms with Crippen molar-refractivity contribution < 1.29 is 9.90 Å². The second kappa shape index (κ2) is 8.57. The fourth-order valence-electron chi connectivity index (χ4n) is 5.58. The Balaban J connectivity index is 1.51. The van der Waals surface area contributed by atoms with Crippen LogP contribution in [0, 0.1) is 11.8 Å². The molecule has 1 aromatic carbocycles. The van der Waals surface area contributed by atoms with Crippen LogP contribution in [-0.2, 0) is 11.3 Å². The third kappa shape index (κ3) is 3.57. The van der Waals surface area contributed by atoms with Gasteiger partial charge >= 0.3 is 0 Å². The number of likely N-dealkylation sites (N-methyl/N-ethyl adjacent to an activating group) is 1. The van der Waals surface area contributed by atoms with E-state index < -0.39 is 5.92 Å². The number of aromatic nitrogens is 2. The Kier molecular flexibility index (Phi) is 5.60. The topological polar surface area (TPSA) is 87.5 Å². The Morgan fingerprint density at radius 1 is 1.15 bits per heavy atom. The minimum absolute atomic E-state index is 0.0720. The van der Waals surface area contributed by atoms with Crippen LogP contribution in [0.25, 0.3) is 11.1 Å². The van der Waals surface area contributed by atoms with E-state index in [2.05, 4.69) is 15.2 Å². The molecule has 7 nitrogen and oxygen atoms in total. The minimum atomic E-state index is -0.448. The number of hydrogen-bond acceptors (Lipinski definition) is 5. The summed E-state index contributed by atoms with van der Waals surface area (Å²) in [4.78, 5) is 33.2. The number of carbonyl (C=O) groups is 1. The van der Waals surface area contributed by atoms with Gasteiger partial charge in [-0.25, -0.2) is 0 Å². The van der Waals surface area contributed by atoms with Gasteiger partial charge in [0.2, 0.25) is 5.91 Å². The molecular weight excluding hydrogens is 416 g/mol. The van der Waals surface area contributed by atoms with Gasteiger partial charge in [-0.2, -0.15) is 0 Å². The zero-order valence-corrected chi connectivity index (χ0v) is 18.8. The van der Waals surface area contributed by atoms with E-state index in [1.54, 1.807) is 17.0 Å². The van der Waals surface area contributed by atoms with Gasteiger partial charge in [0.05, 0.1) is 18.0 Å². The molecule has 170 valence electrons. The highest BCUT2D eigenvalue weighted by molar-refractivity contribution is 5.81. The lowest BCUT2D eigenvalue weighted by atomic mass is 9.86. The van der Waals surface area contributed by atoms with Crippen molar-refractivity contribution in [2.45, 2.75) is 31.6 Å². The molecule has 2 bridgehead atoms. The van der Waals surface area contributed by atoms with Crippen LogP contribution in [0.1, 0.15) is 30.3 Å². The van der Waals surface area contributed by atoms with Crippen LogP contribution in [0.15, 0.2) is 71.8 Å². The van der Waals surface area contributed by atoms with Crippen LogP contribution in [0.3, 0.4) is 0 Å². The third-order valence-corrected chi connectivity index (χ3v) is 7.30. The molecule has 0 aliphatic carbocycles. The average Bonchev–Trinajstić information content (AvgIpc) is 3.02. The standard InChI is InChI=1S/C26H28N4O3/c1-16(17-6-4-3-5-7-17)28-25(32)23-20(15-31)22-14-30-21(24(23)29(22)2)9-8-19(26(30)33)18-10-12-27-13-11-18/h3-13,16,20,22-24,31H,14-15H2,1-2H3,(H,28,32)/t16-,20-,22-,23+,24+/m1/s1. The SMILES string of the molecule is C[C@@H](NC(=O)[C@H]1[C@H](CO)[C@H]2Cn3c(ccc(-c4ccncc4)c3=O)[C@@H]1N2C)c1ccccc1. The summed E-state index contributed by atoms with van der Waals surface area (Å²) < 4.78 is 1.79. The monoisotopic (exact) mass is 444 g/mol. The van der Waals surface area contributed by atoms with Crippen molar-refractivity contribution in [2.75, 3.05) is 13.7 Å². The number of aliphatic hydroxyl groups excluding tert-OH is 1. The largest absolute Gasteiger partial charge is 0.396 e. The maximum atomic E-state index is 13.5. The lowest BCUT2D eigenvalue weighted by Gasteiger charge is -2.35. The van der Waals surface area contributed by atoms with E-state index in [0.717, 1.165) is 16.8 Å². The number of nitrogens with one attached hydrogen (secondary N) is 1. The summed E-state index contributed by atoms with van der Waals surface area (Å²) in [5, 5.41) is 13.4. The smallest absolute Gasteiger partial charge is 0.258 e. The molecule has 3 aromatic rings. The van der Waals surface area contributed by atoms with Crippen molar-refractivity contribution in [1.82, 2.24) is 19.8 Å². The number of aliphatic hydroxyl groups is 1. The molecule has 0 radical (unpaired) electrons. The van der Waals surface area contributed by atoms with E-state index in [1.807, 2.05) is 68.6 Å². The summed E-state index contributed by atoms with van der Waals surface area (Å²) >= 11 is 0. The molecule has 33 heavy (non-hydrogen) atoms. The molecule has 2 aliphatic rings. The number of hydrogen-bond donors (Lipinski definition) is 2. The molecule has 2 aliphatic heterocycles. The first kappa shape index (κ1) is 21.6. The molecule has 5 rings (SSSR count). The van der Waals surface area contributed by atoms with E-state index >= 15 is 0 Å². The summed E-state index contributed by atoms with van der Waals surface area (Å²) in [5.74, 6) is -0.799. The Morgan fingerprint density at radius 3 is 2.58 bits per heavy atom. The van der Waals surface area contributed by atoms with Crippen LogP contribution in [-0.4, -0.2) is 45.2 Å². The molecule has 0 saturated carbocycles. The number of rotatable bonds is 5. The van der Waals surface area contributed by atoms with Crippen molar-refractivity contribution >= 4 is 5.91 Å². The van der Waals surface area contributed by atoms with Crippen LogP contribution < -0.4 is 10.9 Å². The highest BCUT2D eigenvalue weighted by Crippen LogP contribution is 2.47. The zero-order chi connectivity index (χ0) is 23.1. The second-order valence-electron chi connectivity index (χ2n) is 9.01. The first-order valence-corrected chi connectivity index (χ1v) is 11.3. The Bertz CT molecular complexity index is 1210. The van der Waals surface area contributed by atoms with E-state index in [-0.39, 0.29) is 42.1 Å². The summed E-state index contributed by atoms with van der Waals surface area (Å²) in [6, 6.07) is 16.7. The van der Waals surface area contributed by atoms with Crippen molar-refractivity contribution in [2.24, 2.45) is 11.8 Å². The fourth-order valence-corrected chi connectivity index (χ4v) is 5.58. The van der Waals surface area contributed by atoms with Gasteiger partial charge < -0.3 is 15.0 Å². The van der Waals surface area contributed by atoms with E-state index in [4.69, 9.17) is 0 Å². The van der Waals surface area contributed by atoms with E-state index in [9.17, 15) is 14.7 Å². The maximum absolute atomic E-state index is 13.5. The molecule has 2 N–H and O–H groups in total. The molecule has 1 amide bonds. The zero-order valence-electron chi connectivity index (χ0n) is 18.8. The van der Waals surface area contributed by atoms with Gasteiger partial charge in [0.25, 0.3) is 5.56 Å². The number of pyridine rings is 2. The number of fused-ring (bicyclic) bond motifs is 4. The molecule has 4 heterocycles. The predicted molar refractivity (Wildman–Crippen MR) is 125 cm³/mol. The molecular formula is C26H28N4O3. The van der Waals surface area contributed by atoms with Crippen LogP contribution in [0.2, 0.25) is 0 Å². The first-order chi connectivity index (χ1) is 16.0. The molecule has 0 unspecified atom stereocenters. The summed E-state index contributed by atoms with van der Waals surface area (Å²) in [7, 11) is 1.98. The van der Waals surface area contributed by atoms with Crippen LogP contribution >= 0.6 is 0 Å². The number of benzene rings is 1. The van der Waals surface area contributed by atoms with Gasteiger partial charge in [-0.05, 0) is 49.4 Å². The van der Waals surface area contributed by atoms with Crippen LogP contribution in [0.5, 0.6) is 0 Å². The summed E-state index contributed by atoms with van der Waals surface area (Å²) in [6.45, 7) is 2.30. The molecule has 2 aromatic heterocycles. The Morgan fingerprint density at radius 2 is 1.88 bits per heavy atom.